The maximum absolute atomic E-state index is 12.9. The highest BCUT2D eigenvalue weighted by Crippen LogP contribution is 2.40. The Labute approximate surface area is 168 Å². The van der Waals surface area contributed by atoms with Gasteiger partial charge in [0.05, 0.1) is 17.0 Å². The van der Waals surface area contributed by atoms with Crippen LogP contribution in [0.1, 0.15) is 48.0 Å². The van der Waals surface area contributed by atoms with Crippen LogP contribution in [0.4, 0.5) is 0 Å². The molecule has 1 saturated carbocycles. The van der Waals surface area contributed by atoms with Gasteiger partial charge in [-0.25, -0.2) is 22.8 Å². The van der Waals surface area contributed by atoms with Crippen LogP contribution >= 0.6 is 11.6 Å². The number of aromatic nitrogens is 3. The molecule has 4 rings (SSSR count). The molecule has 1 amide bonds. The lowest BCUT2D eigenvalue weighted by Gasteiger charge is -2.31. The fourth-order valence-electron chi connectivity index (χ4n) is 3.47. The van der Waals surface area contributed by atoms with Crippen molar-refractivity contribution in [1.82, 2.24) is 24.4 Å². The van der Waals surface area contributed by atoms with Gasteiger partial charge >= 0.3 is 0 Å². The fourth-order valence-corrected chi connectivity index (χ4v) is 4.52. The van der Waals surface area contributed by atoms with Crippen LogP contribution in [0.15, 0.2) is 24.3 Å². The van der Waals surface area contributed by atoms with E-state index in [0.717, 1.165) is 24.9 Å². The van der Waals surface area contributed by atoms with Gasteiger partial charge in [-0.2, -0.15) is 0 Å². The molecule has 28 heavy (non-hydrogen) atoms. The molecular weight excluding hydrogens is 402 g/mol. The number of sulfonamides is 1. The number of carbonyl (C=O) groups excluding carboxylic acids is 1. The van der Waals surface area contributed by atoms with Gasteiger partial charge in [0.2, 0.25) is 15.8 Å². The molecule has 2 aromatic rings. The highest BCUT2D eigenvalue weighted by molar-refractivity contribution is 7.88. The molecule has 0 atom stereocenters. The highest BCUT2D eigenvalue weighted by Gasteiger charge is 2.34. The molecule has 8 nitrogen and oxygen atoms in total. The SMILES string of the molecule is CS(=O)(=O)NC1CCN(C(=O)c2nc(C3CC3)n(-c3ccccc3Cl)n2)CC1. The molecule has 1 saturated heterocycles. The lowest BCUT2D eigenvalue weighted by atomic mass is 10.1. The van der Waals surface area contributed by atoms with Crippen LogP contribution in [0.25, 0.3) is 5.69 Å². The van der Waals surface area contributed by atoms with Gasteiger partial charge in [-0.15, -0.1) is 5.10 Å². The third-order valence-corrected chi connectivity index (χ3v) is 6.09. The number of piperidine rings is 1. The zero-order valence-corrected chi connectivity index (χ0v) is 17.1. The summed E-state index contributed by atoms with van der Waals surface area (Å²) in [7, 11) is -3.25. The first-order chi connectivity index (χ1) is 13.3. The molecule has 0 radical (unpaired) electrons. The van der Waals surface area contributed by atoms with Crippen molar-refractivity contribution in [3.8, 4) is 5.69 Å². The van der Waals surface area contributed by atoms with Crippen LogP contribution in [-0.4, -0.2) is 59.4 Å². The van der Waals surface area contributed by atoms with Crippen LogP contribution in [0.3, 0.4) is 0 Å². The number of carbonyl (C=O) groups is 1. The Morgan fingerprint density at radius 2 is 1.86 bits per heavy atom. The van der Waals surface area contributed by atoms with Crippen molar-refractivity contribution >= 4 is 27.5 Å². The number of amides is 1. The number of rotatable bonds is 5. The van der Waals surface area contributed by atoms with E-state index in [2.05, 4.69) is 14.8 Å². The molecule has 2 heterocycles. The van der Waals surface area contributed by atoms with Gasteiger partial charge in [0, 0.05) is 25.0 Å². The smallest absolute Gasteiger partial charge is 0.293 e. The average Bonchev–Trinajstić information content (AvgIpc) is 3.40. The Kier molecular flexibility index (Phi) is 5.15. The fraction of sp³-hybridized carbons (Fsp3) is 0.500. The number of halogens is 1. The summed E-state index contributed by atoms with van der Waals surface area (Å²) in [6.07, 6.45) is 4.34. The second-order valence-corrected chi connectivity index (χ2v) is 9.57. The van der Waals surface area contributed by atoms with Crippen LogP contribution in [0.2, 0.25) is 5.02 Å². The van der Waals surface area contributed by atoms with E-state index in [-0.39, 0.29) is 17.8 Å². The number of nitrogens with one attached hydrogen (secondary N) is 1. The summed E-state index contributed by atoms with van der Waals surface area (Å²) in [5, 5.41) is 5.03. The number of para-hydroxylation sites is 1. The van der Waals surface area contributed by atoms with Gasteiger partial charge in [-0.1, -0.05) is 23.7 Å². The van der Waals surface area contributed by atoms with Crippen molar-refractivity contribution in [2.75, 3.05) is 19.3 Å². The Bertz CT molecular complexity index is 994. The maximum Gasteiger partial charge on any atom is 0.293 e. The first-order valence-electron chi connectivity index (χ1n) is 9.30. The molecule has 1 aromatic heterocycles. The average molecular weight is 424 g/mol. The number of hydrogen-bond donors (Lipinski definition) is 1. The topological polar surface area (TPSA) is 97.2 Å². The normalized spacial score (nSPS) is 18.4. The number of hydrogen-bond acceptors (Lipinski definition) is 5. The summed E-state index contributed by atoms with van der Waals surface area (Å²) in [6.45, 7) is 0.927. The van der Waals surface area contributed by atoms with E-state index in [9.17, 15) is 13.2 Å². The van der Waals surface area contributed by atoms with Crippen molar-refractivity contribution in [2.45, 2.75) is 37.6 Å². The number of nitrogens with zero attached hydrogens (tertiary/aromatic N) is 4. The van der Waals surface area contributed by atoms with Gasteiger partial charge in [0.1, 0.15) is 5.82 Å². The standard InChI is InChI=1S/C18H22ClN5O3S/c1-28(26,27)22-13-8-10-23(11-9-13)18(25)16-20-17(12-6-7-12)24(21-16)15-5-3-2-4-14(15)19/h2-5,12-13,22H,6-11H2,1H3. The van der Waals surface area contributed by atoms with E-state index >= 15 is 0 Å². The Morgan fingerprint density at radius 3 is 2.46 bits per heavy atom. The molecule has 10 heteroatoms. The summed E-state index contributed by atoms with van der Waals surface area (Å²) < 4.78 is 27.1. The van der Waals surface area contributed by atoms with Crippen molar-refractivity contribution in [1.29, 1.82) is 0 Å². The molecule has 1 aromatic carbocycles. The highest BCUT2D eigenvalue weighted by atomic mass is 35.5. The monoisotopic (exact) mass is 423 g/mol. The summed E-state index contributed by atoms with van der Waals surface area (Å²) in [6, 6.07) is 7.23. The first kappa shape index (κ1) is 19.4. The van der Waals surface area contributed by atoms with E-state index in [4.69, 9.17) is 11.6 Å². The van der Waals surface area contributed by atoms with Crippen LogP contribution < -0.4 is 4.72 Å². The zero-order valence-electron chi connectivity index (χ0n) is 15.5. The first-order valence-corrected chi connectivity index (χ1v) is 11.6. The van der Waals surface area contributed by atoms with Crippen molar-refractivity contribution in [3.05, 3.63) is 40.9 Å². The quantitative estimate of drug-likeness (QED) is 0.792. The summed E-state index contributed by atoms with van der Waals surface area (Å²) in [4.78, 5) is 19.2. The molecular formula is C18H22ClN5O3S. The van der Waals surface area contributed by atoms with Crippen LogP contribution in [0.5, 0.6) is 0 Å². The van der Waals surface area contributed by atoms with Crippen molar-refractivity contribution < 1.29 is 13.2 Å². The van der Waals surface area contributed by atoms with Crippen molar-refractivity contribution in [3.63, 3.8) is 0 Å². The number of likely N-dealkylation sites (tertiary alicyclic amines) is 1. The molecule has 1 aliphatic heterocycles. The van der Waals surface area contributed by atoms with Gasteiger partial charge in [-0.05, 0) is 37.8 Å². The van der Waals surface area contributed by atoms with E-state index in [1.54, 1.807) is 15.6 Å². The van der Waals surface area contributed by atoms with E-state index in [1.165, 1.54) is 0 Å². The molecule has 0 unspecified atom stereocenters. The molecule has 1 N–H and O–H groups in total. The minimum Gasteiger partial charge on any atom is -0.336 e. The molecule has 150 valence electrons. The molecule has 0 bridgehead atoms. The summed E-state index contributed by atoms with van der Waals surface area (Å²) in [5.74, 6) is 1.00. The maximum atomic E-state index is 12.9. The largest absolute Gasteiger partial charge is 0.336 e. The Hall–Kier alpha value is -1.97. The van der Waals surface area contributed by atoms with Gasteiger partial charge in [0.25, 0.3) is 5.91 Å². The van der Waals surface area contributed by atoms with Gasteiger partial charge < -0.3 is 4.90 Å². The summed E-state index contributed by atoms with van der Waals surface area (Å²) in [5.41, 5.74) is 0.716. The molecule has 2 fully saturated rings. The van der Waals surface area contributed by atoms with E-state index in [1.807, 2.05) is 18.2 Å². The zero-order chi connectivity index (χ0) is 19.9. The molecule has 2 aliphatic rings. The lowest BCUT2D eigenvalue weighted by molar-refractivity contribution is 0.0699. The third kappa shape index (κ3) is 4.21. The van der Waals surface area contributed by atoms with Crippen LogP contribution in [0, 0.1) is 0 Å². The summed E-state index contributed by atoms with van der Waals surface area (Å²) >= 11 is 6.32. The van der Waals surface area contributed by atoms with Gasteiger partial charge in [-0.3, -0.25) is 4.79 Å². The molecule has 0 spiro atoms. The second kappa shape index (κ2) is 7.46. The predicted molar refractivity (Wildman–Crippen MR) is 105 cm³/mol. The molecule has 1 aliphatic carbocycles. The van der Waals surface area contributed by atoms with Crippen molar-refractivity contribution in [2.24, 2.45) is 0 Å². The minimum atomic E-state index is -3.25. The number of benzene rings is 1. The van der Waals surface area contributed by atoms with E-state index in [0.29, 0.717) is 42.6 Å². The third-order valence-electron chi connectivity index (χ3n) is 5.01. The minimum absolute atomic E-state index is 0.144. The second-order valence-electron chi connectivity index (χ2n) is 7.39. The predicted octanol–water partition coefficient (Wildman–Crippen LogP) is 1.95. The Balaban J connectivity index is 1.53. The lowest BCUT2D eigenvalue weighted by Crippen LogP contribution is -2.46. The van der Waals surface area contributed by atoms with Gasteiger partial charge in [0.15, 0.2) is 0 Å². The van der Waals surface area contributed by atoms with Crippen LogP contribution in [-0.2, 0) is 10.0 Å². The van der Waals surface area contributed by atoms with E-state index < -0.39 is 10.0 Å². The Morgan fingerprint density at radius 1 is 1.18 bits per heavy atom.